The van der Waals surface area contributed by atoms with Gasteiger partial charge >= 0.3 is 6.18 Å². The zero-order valence-corrected chi connectivity index (χ0v) is 10.6. The molecule has 0 aliphatic rings. The van der Waals surface area contributed by atoms with Gasteiger partial charge in [0, 0.05) is 5.56 Å². The van der Waals surface area contributed by atoms with Gasteiger partial charge in [-0.05, 0) is 19.1 Å². The van der Waals surface area contributed by atoms with Crippen LogP contribution >= 0.6 is 11.3 Å². The van der Waals surface area contributed by atoms with Gasteiger partial charge in [0.1, 0.15) is 5.01 Å². The number of alkyl halides is 3. The number of benzene rings is 1. The number of aromatic nitrogens is 3. The molecule has 0 amide bonds. The SMILES string of the molecule is Cc1nn2cc(-c3ccc(C(F)(F)F)cc3)nc2s1. The Morgan fingerprint density at radius 3 is 2.42 bits per heavy atom. The summed E-state index contributed by atoms with van der Waals surface area (Å²) in [6, 6.07) is 4.95. The molecule has 0 fully saturated rings. The molecule has 2 aromatic heterocycles. The van der Waals surface area contributed by atoms with Crippen molar-refractivity contribution in [3.63, 3.8) is 0 Å². The summed E-state index contributed by atoms with van der Waals surface area (Å²) in [6.07, 6.45) is -2.60. The van der Waals surface area contributed by atoms with Gasteiger partial charge in [-0.25, -0.2) is 9.50 Å². The highest BCUT2D eigenvalue weighted by molar-refractivity contribution is 7.16. The molecule has 0 saturated heterocycles. The van der Waals surface area contributed by atoms with Crippen LogP contribution in [0.25, 0.3) is 16.2 Å². The van der Waals surface area contributed by atoms with Crippen LogP contribution < -0.4 is 0 Å². The molecule has 0 unspecified atom stereocenters. The fourth-order valence-electron chi connectivity index (χ4n) is 1.77. The topological polar surface area (TPSA) is 30.2 Å². The predicted octanol–water partition coefficient (Wildman–Crippen LogP) is 3.79. The predicted molar refractivity (Wildman–Crippen MR) is 66.0 cm³/mol. The Morgan fingerprint density at radius 1 is 1.16 bits per heavy atom. The number of aryl methyl sites for hydroxylation is 1. The van der Waals surface area contributed by atoms with Crippen LogP contribution in [0, 0.1) is 6.92 Å². The molecule has 98 valence electrons. The zero-order chi connectivity index (χ0) is 13.6. The summed E-state index contributed by atoms with van der Waals surface area (Å²) >= 11 is 1.44. The van der Waals surface area contributed by atoms with Gasteiger partial charge in [0.15, 0.2) is 0 Å². The van der Waals surface area contributed by atoms with E-state index < -0.39 is 11.7 Å². The number of fused-ring (bicyclic) bond motifs is 1. The molecule has 1 aromatic carbocycles. The van der Waals surface area contributed by atoms with E-state index in [1.54, 1.807) is 10.7 Å². The van der Waals surface area contributed by atoms with Crippen molar-refractivity contribution in [3.05, 3.63) is 41.0 Å². The third-order valence-corrected chi connectivity index (χ3v) is 3.49. The lowest BCUT2D eigenvalue weighted by molar-refractivity contribution is -0.137. The van der Waals surface area contributed by atoms with E-state index in [4.69, 9.17) is 0 Å². The third-order valence-electron chi connectivity index (χ3n) is 2.65. The Labute approximate surface area is 110 Å². The monoisotopic (exact) mass is 283 g/mol. The smallest absolute Gasteiger partial charge is 0.217 e. The average Bonchev–Trinajstić information content (AvgIpc) is 2.85. The maximum absolute atomic E-state index is 12.5. The van der Waals surface area contributed by atoms with Crippen molar-refractivity contribution in [2.75, 3.05) is 0 Å². The average molecular weight is 283 g/mol. The molecule has 0 atom stereocenters. The van der Waals surface area contributed by atoms with Crippen molar-refractivity contribution in [2.45, 2.75) is 13.1 Å². The first-order chi connectivity index (χ1) is 8.93. The quantitative estimate of drug-likeness (QED) is 0.680. The standard InChI is InChI=1S/C12H8F3N3S/c1-7-17-18-6-10(16-11(18)19-7)8-2-4-9(5-3-8)12(13,14)15/h2-6H,1H3. The molecule has 19 heavy (non-hydrogen) atoms. The van der Waals surface area contributed by atoms with Crippen LogP contribution in [0.4, 0.5) is 13.2 Å². The van der Waals surface area contributed by atoms with Crippen LogP contribution in [0.2, 0.25) is 0 Å². The molecule has 0 aliphatic heterocycles. The summed E-state index contributed by atoms with van der Waals surface area (Å²) in [5.74, 6) is 0. The van der Waals surface area contributed by atoms with Crippen LogP contribution in [0.3, 0.4) is 0 Å². The summed E-state index contributed by atoms with van der Waals surface area (Å²) in [7, 11) is 0. The summed E-state index contributed by atoms with van der Waals surface area (Å²) in [4.78, 5) is 5.06. The highest BCUT2D eigenvalue weighted by Gasteiger charge is 2.30. The lowest BCUT2D eigenvalue weighted by Gasteiger charge is -2.06. The first kappa shape index (κ1) is 12.2. The molecule has 3 nitrogen and oxygen atoms in total. The van der Waals surface area contributed by atoms with Gasteiger partial charge < -0.3 is 0 Å². The Balaban J connectivity index is 1.99. The largest absolute Gasteiger partial charge is 0.416 e. The van der Waals surface area contributed by atoms with Gasteiger partial charge in [-0.3, -0.25) is 0 Å². The minimum Gasteiger partial charge on any atom is -0.217 e. The zero-order valence-electron chi connectivity index (χ0n) is 9.77. The number of hydrogen-bond acceptors (Lipinski definition) is 3. The maximum atomic E-state index is 12.5. The van der Waals surface area contributed by atoms with E-state index in [2.05, 4.69) is 10.1 Å². The second-order valence-corrected chi connectivity index (χ2v) is 5.21. The summed E-state index contributed by atoms with van der Waals surface area (Å²) < 4.78 is 39.0. The highest BCUT2D eigenvalue weighted by atomic mass is 32.1. The fourth-order valence-corrected chi connectivity index (χ4v) is 2.49. The van der Waals surface area contributed by atoms with Crippen molar-refractivity contribution < 1.29 is 13.2 Å². The van der Waals surface area contributed by atoms with Crippen molar-refractivity contribution in [1.29, 1.82) is 0 Å². The lowest BCUT2D eigenvalue weighted by atomic mass is 10.1. The molecular weight excluding hydrogens is 275 g/mol. The maximum Gasteiger partial charge on any atom is 0.416 e. The van der Waals surface area contributed by atoms with Crippen LogP contribution in [0.1, 0.15) is 10.6 Å². The van der Waals surface area contributed by atoms with Crippen molar-refractivity contribution in [3.8, 4) is 11.3 Å². The molecule has 3 rings (SSSR count). The summed E-state index contributed by atoms with van der Waals surface area (Å²) in [6.45, 7) is 1.87. The Kier molecular flexibility index (Phi) is 2.60. The first-order valence-electron chi connectivity index (χ1n) is 5.44. The Hall–Kier alpha value is -1.89. The fraction of sp³-hybridized carbons (Fsp3) is 0.167. The van der Waals surface area contributed by atoms with Crippen molar-refractivity contribution >= 4 is 16.3 Å². The Morgan fingerprint density at radius 2 is 1.84 bits per heavy atom. The van der Waals surface area contributed by atoms with Crippen molar-refractivity contribution in [1.82, 2.24) is 14.6 Å². The van der Waals surface area contributed by atoms with E-state index in [1.165, 1.54) is 23.5 Å². The molecule has 7 heteroatoms. The van der Waals surface area contributed by atoms with E-state index in [0.29, 0.717) is 11.3 Å². The molecule has 0 spiro atoms. The number of halogens is 3. The number of nitrogens with zero attached hydrogens (tertiary/aromatic N) is 3. The van der Waals surface area contributed by atoms with Crippen LogP contribution in [-0.4, -0.2) is 14.6 Å². The van der Waals surface area contributed by atoms with E-state index in [0.717, 1.165) is 22.1 Å². The van der Waals surface area contributed by atoms with Crippen LogP contribution in [0.15, 0.2) is 30.5 Å². The molecule has 0 bridgehead atoms. The minimum atomic E-state index is -4.31. The lowest BCUT2D eigenvalue weighted by Crippen LogP contribution is -2.03. The van der Waals surface area contributed by atoms with Gasteiger partial charge in [0.05, 0.1) is 17.5 Å². The molecule has 0 radical (unpaired) electrons. The molecule has 2 heterocycles. The minimum absolute atomic E-state index is 0.618. The molecule has 0 aliphatic carbocycles. The highest BCUT2D eigenvalue weighted by Crippen LogP contribution is 2.31. The van der Waals surface area contributed by atoms with E-state index >= 15 is 0 Å². The second-order valence-electron chi connectivity index (χ2n) is 4.05. The molecule has 0 saturated carbocycles. The van der Waals surface area contributed by atoms with Gasteiger partial charge in [0.2, 0.25) is 4.96 Å². The van der Waals surface area contributed by atoms with Gasteiger partial charge in [-0.1, -0.05) is 23.5 Å². The Bertz CT molecular complexity index is 693. The summed E-state index contributed by atoms with van der Waals surface area (Å²) in [5.41, 5.74) is 0.599. The normalized spacial score (nSPS) is 12.2. The number of imidazole rings is 1. The van der Waals surface area contributed by atoms with Gasteiger partial charge in [0.25, 0.3) is 0 Å². The first-order valence-corrected chi connectivity index (χ1v) is 6.25. The second kappa shape index (κ2) is 4.06. The van der Waals surface area contributed by atoms with Gasteiger partial charge in [-0.2, -0.15) is 18.3 Å². The number of rotatable bonds is 1. The molecule has 0 N–H and O–H groups in total. The molecule has 3 aromatic rings. The van der Waals surface area contributed by atoms with Crippen molar-refractivity contribution in [2.24, 2.45) is 0 Å². The third kappa shape index (κ3) is 2.21. The van der Waals surface area contributed by atoms with Gasteiger partial charge in [-0.15, -0.1) is 0 Å². The van der Waals surface area contributed by atoms with Crippen LogP contribution in [-0.2, 0) is 6.18 Å². The number of hydrogen-bond donors (Lipinski definition) is 0. The van der Waals surface area contributed by atoms with E-state index in [-0.39, 0.29) is 0 Å². The van der Waals surface area contributed by atoms with E-state index in [9.17, 15) is 13.2 Å². The van der Waals surface area contributed by atoms with Crippen LogP contribution in [0.5, 0.6) is 0 Å². The molecular formula is C12H8F3N3S. The van der Waals surface area contributed by atoms with E-state index in [1.807, 2.05) is 6.92 Å². The summed E-state index contributed by atoms with van der Waals surface area (Å²) in [5, 5.41) is 5.10.